The zero-order valence-corrected chi connectivity index (χ0v) is 13.5. The third-order valence-corrected chi connectivity index (χ3v) is 4.97. The van der Waals surface area contributed by atoms with Crippen molar-refractivity contribution in [1.29, 1.82) is 5.26 Å². The SMILES string of the molecule is CN(C)S(=O)(=O)c1ccc(C(=O)Nc2cccc(C#N)c2)cc1. The third kappa shape index (κ3) is 3.74. The van der Waals surface area contributed by atoms with E-state index >= 15 is 0 Å². The first-order chi connectivity index (χ1) is 10.8. The molecule has 2 aromatic carbocycles. The molecular weight excluding hydrogens is 314 g/mol. The van der Waals surface area contributed by atoms with Crippen LogP contribution in [-0.2, 0) is 10.0 Å². The molecule has 0 bridgehead atoms. The first kappa shape index (κ1) is 16.7. The van der Waals surface area contributed by atoms with Gasteiger partial charge in [0, 0.05) is 25.3 Å². The van der Waals surface area contributed by atoms with Crippen molar-refractivity contribution in [2.45, 2.75) is 4.90 Å². The number of nitrogens with zero attached hydrogens (tertiary/aromatic N) is 2. The molecule has 0 aliphatic heterocycles. The summed E-state index contributed by atoms with van der Waals surface area (Å²) in [4.78, 5) is 12.3. The van der Waals surface area contributed by atoms with E-state index in [1.165, 1.54) is 38.4 Å². The van der Waals surface area contributed by atoms with E-state index < -0.39 is 10.0 Å². The van der Waals surface area contributed by atoms with Crippen molar-refractivity contribution >= 4 is 21.6 Å². The number of hydrogen-bond donors (Lipinski definition) is 1. The molecule has 0 fully saturated rings. The van der Waals surface area contributed by atoms with E-state index in [1.54, 1.807) is 24.3 Å². The monoisotopic (exact) mass is 329 g/mol. The molecule has 0 spiro atoms. The molecule has 6 nitrogen and oxygen atoms in total. The quantitative estimate of drug-likeness (QED) is 0.929. The van der Waals surface area contributed by atoms with E-state index in [0.717, 1.165) is 4.31 Å². The second kappa shape index (κ2) is 6.60. The maximum Gasteiger partial charge on any atom is 0.255 e. The second-order valence-corrected chi connectivity index (χ2v) is 7.11. The van der Waals surface area contributed by atoms with E-state index in [1.807, 2.05) is 6.07 Å². The molecule has 0 aromatic heterocycles. The molecule has 23 heavy (non-hydrogen) atoms. The Hall–Kier alpha value is -2.69. The summed E-state index contributed by atoms with van der Waals surface area (Å²) in [6.45, 7) is 0. The summed E-state index contributed by atoms with van der Waals surface area (Å²) >= 11 is 0. The van der Waals surface area contributed by atoms with Gasteiger partial charge in [-0.3, -0.25) is 4.79 Å². The Bertz CT molecular complexity index is 866. The minimum Gasteiger partial charge on any atom is -0.322 e. The van der Waals surface area contributed by atoms with E-state index in [4.69, 9.17) is 5.26 Å². The highest BCUT2D eigenvalue weighted by atomic mass is 32.2. The Kier molecular flexibility index (Phi) is 4.79. The Morgan fingerprint density at radius 1 is 1.13 bits per heavy atom. The molecule has 1 amide bonds. The zero-order valence-electron chi connectivity index (χ0n) is 12.6. The lowest BCUT2D eigenvalue weighted by Crippen LogP contribution is -2.22. The van der Waals surface area contributed by atoms with Gasteiger partial charge < -0.3 is 5.32 Å². The van der Waals surface area contributed by atoms with Crippen molar-refractivity contribution in [1.82, 2.24) is 4.31 Å². The molecule has 2 rings (SSSR count). The summed E-state index contributed by atoms with van der Waals surface area (Å²) in [5.41, 5.74) is 1.26. The number of carbonyl (C=O) groups excluding carboxylic acids is 1. The van der Waals surface area contributed by atoms with Gasteiger partial charge in [0.05, 0.1) is 16.5 Å². The Labute approximate surface area is 135 Å². The molecule has 0 unspecified atom stereocenters. The number of hydrogen-bond acceptors (Lipinski definition) is 4. The number of nitrogens with one attached hydrogen (secondary N) is 1. The molecule has 1 N–H and O–H groups in total. The van der Waals surface area contributed by atoms with Crippen LogP contribution in [-0.4, -0.2) is 32.7 Å². The van der Waals surface area contributed by atoms with Crippen molar-refractivity contribution in [3.05, 3.63) is 59.7 Å². The van der Waals surface area contributed by atoms with Gasteiger partial charge in [-0.2, -0.15) is 5.26 Å². The number of anilines is 1. The second-order valence-electron chi connectivity index (χ2n) is 4.96. The highest BCUT2D eigenvalue weighted by Crippen LogP contribution is 2.16. The van der Waals surface area contributed by atoms with Crippen molar-refractivity contribution in [2.24, 2.45) is 0 Å². The number of nitriles is 1. The Balaban J connectivity index is 2.19. The highest BCUT2D eigenvalue weighted by molar-refractivity contribution is 7.89. The summed E-state index contributed by atoms with van der Waals surface area (Å²) in [5.74, 6) is -0.381. The van der Waals surface area contributed by atoms with Gasteiger partial charge in [0.2, 0.25) is 10.0 Å². The lowest BCUT2D eigenvalue weighted by molar-refractivity contribution is 0.102. The Morgan fingerprint density at radius 2 is 1.78 bits per heavy atom. The average Bonchev–Trinajstić information content (AvgIpc) is 2.55. The van der Waals surface area contributed by atoms with Gasteiger partial charge in [0.25, 0.3) is 5.91 Å². The normalized spacial score (nSPS) is 11.0. The molecule has 0 heterocycles. The number of carbonyl (C=O) groups is 1. The first-order valence-electron chi connectivity index (χ1n) is 6.68. The highest BCUT2D eigenvalue weighted by Gasteiger charge is 2.17. The van der Waals surface area contributed by atoms with Crippen LogP contribution in [0.4, 0.5) is 5.69 Å². The largest absolute Gasteiger partial charge is 0.322 e. The van der Waals surface area contributed by atoms with Gasteiger partial charge in [-0.05, 0) is 42.5 Å². The van der Waals surface area contributed by atoms with Crippen LogP contribution in [0.5, 0.6) is 0 Å². The van der Waals surface area contributed by atoms with Crippen LogP contribution < -0.4 is 5.32 Å². The Morgan fingerprint density at radius 3 is 2.35 bits per heavy atom. The molecule has 0 saturated carbocycles. The van der Waals surface area contributed by atoms with Crippen LogP contribution >= 0.6 is 0 Å². The standard InChI is InChI=1S/C16H15N3O3S/c1-19(2)23(21,22)15-8-6-13(7-9-15)16(20)18-14-5-3-4-12(10-14)11-17/h3-10H,1-2H3,(H,18,20). The summed E-state index contributed by atoms with van der Waals surface area (Å²) < 4.78 is 25.0. The molecule has 118 valence electrons. The molecule has 0 aliphatic rings. The predicted molar refractivity (Wildman–Crippen MR) is 86.4 cm³/mol. The first-order valence-corrected chi connectivity index (χ1v) is 8.12. The van der Waals surface area contributed by atoms with Gasteiger partial charge in [0.15, 0.2) is 0 Å². The van der Waals surface area contributed by atoms with Gasteiger partial charge >= 0.3 is 0 Å². The zero-order chi connectivity index (χ0) is 17.0. The lowest BCUT2D eigenvalue weighted by atomic mass is 10.2. The topological polar surface area (TPSA) is 90.3 Å². The molecule has 7 heteroatoms. The molecule has 0 radical (unpaired) electrons. The fourth-order valence-corrected chi connectivity index (χ4v) is 2.76. The number of rotatable bonds is 4. The number of sulfonamides is 1. The summed E-state index contributed by atoms with van der Waals surface area (Å²) in [6.07, 6.45) is 0. The number of benzene rings is 2. The van der Waals surface area contributed by atoms with Crippen LogP contribution in [0.15, 0.2) is 53.4 Å². The van der Waals surface area contributed by atoms with Gasteiger partial charge in [-0.15, -0.1) is 0 Å². The molecule has 0 atom stereocenters. The fourth-order valence-electron chi connectivity index (χ4n) is 1.86. The van der Waals surface area contributed by atoms with Crippen LogP contribution in [0.1, 0.15) is 15.9 Å². The van der Waals surface area contributed by atoms with Gasteiger partial charge in [-0.1, -0.05) is 6.07 Å². The minimum absolute atomic E-state index is 0.116. The summed E-state index contributed by atoms with van der Waals surface area (Å²) in [6, 6.07) is 14.2. The average molecular weight is 329 g/mol. The van der Waals surface area contributed by atoms with Crippen LogP contribution in [0.3, 0.4) is 0 Å². The van der Waals surface area contributed by atoms with Gasteiger partial charge in [0.1, 0.15) is 0 Å². The summed E-state index contributed by atoms with van der Waals surface area (Å²) in [7, 11) is -0.636. The van der Waals surface area contributed by atoms with Crippen molar-refractivity contribution in [2.75, 3.05) is 19.4 Å². The minimum atomic E-state index is -3.52. The maximum atomic E-state index is 12.2. The lowest BCUT2D eigenvalue weighted by Gasteiger charge is -2.11. The van der Waals surface area contributed by atoms with E-state index in [2.05, 4.69) is 5.32 Å². The van der Waals surface area contributed by atoms with E-state index in [0.29, 0.717) is 16.8 Å². The maximum absolute atomic E-state index is 12.2. The van der Waals surface area contributed by atoms with E-state index in [9.17, 15) is 13.2 Å². The molecular formula is C16H15N3O3S. The van der Waals surface area contributed by atoms with Crippen LogP contribution in [0, 0.1) is 11.3 Å². The smallest absolute Gasteiger partial charge is 0.255 e. The molecule has 0 saturated heterocycles. The third-order valence-electron chi connectivity index (χ3n) is 3.14. The fraction of sp³-hybridized carbons (Fsp3) is 0.125. The van der Waals surface area contributed by atoms with Crippen molar-refractivity contribution < 1.29 is 13.2 Å². The molecule has 0 aliphatic carbocycles. The van der Waals surface area contributed by atoms with E-state index in [-0.39, 0.29) is 10.8 Å². The van der Waals surface area contributed by atoms with Crippen LogP contribution in [0.25, 0.3) is 0 Å². The van der Waals surface area contributed by atoms with Gasteiger partial charge in [-0.25, -0.2) is 12.7 Å². The summed E-state index contributed by atoms with van der Waals surface area (Å²) in [5, 5.41) is 11.5. The van der Waals surface area contributed by atoms with Crippen LogP contribution in [0.2, 0.25) is 0 Å². The number of amides is 1. The van der Waals surface area contributed by atoms with Crippen molar-refractivity contribution in [3.63, 3.8) is 0 Å². The van der Waals surface area contributed by atoms with Crippen molar-refractivity contribution in [3.8, 4) is 6.07 Å². The molecule has 2 aromatic rings. The predicted octanol–water partition coefficient (Wildman–Crippen LogP) is 2.06.